The van der Waals surface area contributed by atoms with Gasteiger partial charge in [-0.1, -0.05) is 16.7 Å². The summed E-state index contributed by atoms with van der Waals surface area (Å²) in [6, 6.07) is 7.19. The van der Waals surface area contributed by atoms with Crippen LogP contribution in [0.5, 0.6) is 5.75 Å². The summed E-state index contributed by atoms with van der Waals surface area (Å²) in [7, 11) is 1.58. The number of hydrogen-bond acceptors (Lipinski definition) is 3. The van der Waals surface area contributed by atoms with Crippen LogP contribution >= 0.6 is 11.6 Å². The molecule has 0 spiro atoms. The lowest BCUT2D eigenvalue weighted by atomic mass is 9.85. The van der Waals surface area contributed by atoms with E-state index in [0.717, 1.165) is 17.0 Å². The van der Waals surface area contributed by atoms with Crippen LogP contribution < -0.4 is 9.64 Å². The second-order valence-corrected chi connectivity index (χ2v) is 5.16. The summed E-state index contributed by atoms with van der Waals surface area (Å²) in [5.41, 5.74) is 10.5. The third-order valence-corrected chi connectivity index (χ3v) is 3.98. The highest BCUT2D eigenvalue weighted by molar-refractivity contribution is 6.26. The predicted molar refractivity (Wildman–Crippen MR) is 81.4 cm³/mol. The molecule has 1 amide bonds. The van der Waals surface area contributed by atoms with Gasteiger partial charge in [0.1, 0.15) is 5.75 Å². The Kier molecular flexibility index (Phi) is 4.40. The molecular weight excluding hydrogens is 292 g/mol. The van der Waals surface area contributed by atoms with Gasteiger partial charge in [-0.2, -0.15) is 0 Å². The van der Waals surface area contributed by atoms with Crippen LogP contribution in [0.2, 0.25) is 0 Å². The highest BCUT2D eigenvalue weighted by atomic mass is 35.5. The minimum Gasteiger partial charge on any atom is -0.497 e. The van der Waals surface area contributed by atoms with Crippen molar-refractivity contribution in [1.29, 1.82) is 0 Å². The average Bonchev–Trinajstić information content (AvgIpc) is 2.77. The molecule has 1 unspecified atom stereocenters. The lowest BCUT2D eigenvalue weighted by Crippen LogP contribution is -2.34. The molecule has 1 aromatic carbocycles. The van der Waals surface area contributed by atoms with Crippen LogP contribution in [0.4, 0.5) is 5.69 Å². The Morgan fingerprint density at radius 3 is 2.71 bits per heavy atom. The fourth-order valence-corrected chi connectivity index (χ4v) is 2.63. The summed E-state index contributed by atoms with van der Waals surface area (Å²) in [4.78, 5) is 17.0. The number of benzene rings is 1. The van der Waals surface area contributed by atoms with E-state index in [-0.39, 0.29) is 12.5 Å². The van der Waals surface area contributed by atoms with Crippen LogP contribution in [0.3, 0.4) is 0 Å². The number of rotatable bonds is 4. The van der Waals surface area contributed by atoms with Crippen molar-refractivity contribution in [2.75, 3.05) is 25.1 Å². The van der Waals surface area contributed by atoms with Gasteiger partial charge in [0, 0.05) is 29.2 Å². The molecule has 110 valence electrons. The van der Waals surface area contributed by atoms with E-state index < -0.39 is 5.41 Å². The van der Waals surface area contributed by atoms with Crippen LogP contribution in [0.1, 0.15) is 6.92 Å². The van der Waals surface area contributed by atoms with E-state index in [2.05, 4.69) is 10.0 Å². The van der Waals surface area contributed by atoms with Gasteiger partial charge in [0.15, 0.2) is 0 Å². The number of ether oxygens (including phenoxy) is 1. The minimum absolute atomic E-state index is 0.0491. The Hall–Kier alpha value is -2.17. The zero-order valence-corrected chi connectivity index (χ0v) is 12.5. The highest BCUT2D eigenvalue weighted by Gasteiger charge is 2.46. The number of azide groups is 1. The molecule has 6 nitrogen and oxygen atoms in total. The van der Waals surface area contributed by atoms with Gasteiger partial charge in [0.05, 0.1) is 12.5 Å². The summed E-state index contributed by atoms with van der Waals surface area (Å²) in [5.74, 6) is 0.585. The van der Waals surface area contributed by atoms with Gasteiger partial charge in [-0.15, -0.1) is 0 Å². The minimum atomic E-state index is -0.895. The number of amides is 1. The molecule has 7 heteroatoms. The second kappa shape index (κ2) is 6.08. The smallest absolute Gasteiger partial charge is 0.237 e. The highest BCUT2D eigenvalue weighted by Crippen LogP contribution is 2.40. The molecule has 0 radical (unpaired) electrons. The normalized spacial score (nSPS) is 23.3. The van der Waals surface area contributed by atoms with Crippen molar-refractivity contribution in [3.05, 3.63) is 45.8 Å². The number of methoxy groups -OCH3 is 1. The Labute approximate surface area is 127 Å². The monoisotopic (exact) mass is 306 g/mol. The molecule has 1 aliphatic heterocycles. The molecule has 2 rings (SSSR count). The van der Waals surface area contributed by atoms with Crippen molar-refractivity contribution >= 4 is 23.2 Å². The molecule has 1 fully saturated rings. The Bertz CT molecular complexity index is 622. The number of halogens is 1. The van der Waals surface area contributed by atoms with E-state index in [1.807, 2.05) is 12.1 Å². The second-order valence-electron chi connectivity index (χ2n) is 4.94. The molecule has 1 aliphatic rings. The number of carbonyl (C=O) groups excluding carboxylic acids is 1. The van der Waals surface area contributed by atoms with Crippen LogP contribution in [-0.4, -0.2) is 26.1 Å². The fourth-order valence-electron chi connectivity index (χ4n) is 2.32. The van der Waals surface area contributed by atoms with Gasteiger partial charge in [-0.05, 0) is 42.3 Å². The molecule has 0 saturated carbocycles. The maximum Gasteiger partial charge on any atom is 0.237 e. The van der Waals surface area contributed by atoms with Crippen molar-refractivity contribution in [2.24, 2.45) is 10.5 Å². The Morgan fingerprint density at radius 1 is 1.52 bits per heavy atom. The summed E-state index contributed by atoms with van der Waals surface area (Å²) < 4.78 is 5.10. The lowest BCUT2D eigenvalue weighted by Gasteiger charge is -2.22. The van der Waals surface area contributed by atoms with Gasteiger partial charge in [0.25, 0.3) is 0 Å². The number of anilines is 1. The lowest BCUT2D eigenvalue weighted by molar-refractivity contribution is -0.123. The molecule has 0 aromatic heterocycles. The summed E-state index contributed by atoms with van der Waals surface area (Å²) in [6.07, 6.45) is 0. The molecular formula is C14H15ClN4O2. The standard InChI is InChI=1S/C14H15ClN4O2/c1-14(9-17-18-16)10(7-15)8-19(13(14)20)11-3-5-12(21-2)6-4-11/h3-7H,8-9H2,1-2H3. The summed E-state index contributed by atoms with van der Waals surface area (Å²) >= 11 is 5.84. The van der Waals surface area contributed by atoms with Crippen LogP contribution in [0.25, 0.3) is 10.4 Å². The van der Waals surface area contributed by atoms with Gasteiger partial charge in [-0.25, -0.2) is 0 Å². The van der Waals surface area contributed by atoms with Crippen molar-refractivity contribution in [3.8, 4) is 5.75 Å². The van der Waals surface area contributed by atoms with Crippen LogP contribution in [0, 0.1) is 5.41 Å². The van der Waals surface area contributed by atoms with E-state index in [1.165, 1.54) is 5.54 Å². The Balaban J connectivity index is 2.34. The van der Waals surface area contributed by atoms with E-state index in [1.54, 1.807) is 31.1 Å². The van der Waals surface area contributed by atoms with Crippen molar-refractivity contribution in [3.63, 3.8) is 0 Å². The zero-order valence-electron chi connectivity index (χ0n) is 11.8. The van der Waals surface area contributed by atoms with Crippen LogP contribution in [0.15, 0.2) is 40.5 Å². The van der Waals surface area contributed by atoms with E-state index in [9.17, 15) is 4.79 Å². The van der Waals surface area contributed by atoms with Crippen molar-refractivity contribution < 1.29 is 9.53 Å². The molecule has 0 N–H and O–H groups in total. The third-order valence-electron chi connectivity index (χ3n) is 3.72. The quantitative estimate of drug-likeness (QED) is 0.485. The molecule has 0 aliphatic carbocycles. The SMILES string of the molecule is COc1ccc(N2CC(=CCl)C(C)(CN=[N+]=[N-])C2=O)cc1. The fraction of sp³-hybridized carbons (Fsp3) is 0.357. The number of nitrogens with zero attached hydrogens (tertiary/aromatic N) is 4. The van der Waals surface area contributed by atoms with Gasteiger partial charge < -0.3 is 9.64 Å². The molecule has 1 saturated heterocycles. The molecule has 21 heavy (non-hydrogen) atoms. The summed E-state index contributed by atoms with van der Waals surface area (Å²) in [6.45, 7) is 2.17. The zero-order chi connectivity index (χ0) is 15.5. The molecule has 0 bridgehead atoms. The van der Waals surface area contributed by atoms with Gasteiger partial charge in [-0.3, -0.25) is 4.79 Å². The predicted octanol–water partition coefficient (Wildman–Crippen LogP) is 3.48. The maximum absolute atomic E-state index is 12.7. The van der Waals surface area contributed by atoms with Gasteiger partial charge in [0.2, 0.25) is 5.91 Å². The van der Waals surface area contributed by atoms with E-state index in [0.29, 0.717) is 6.54 Å². The first kappa shape index (κ1) is 15.2. The first-order valence-corrected chi connectivity index (χ1v) is 6.77. The molecule has 1 aromatic rings. The average molecular weight is 307 g/mol. The third kappa shape index (κ3) is 2.68. The van der Waals surface area contributed by atoms with Gasteiger partial charge >= 0.3 is 0 Å². The number of carbonyl (C=O) groups is 1. The van der Waals surface area contributed by atoms with Crippen molar-refractivity contribution in [2.45, 2.75) is 6.92 Å². The molecule has 1 atom stereocenters. The summed E-state index contributed by atoms with van der Waals surface area (Å²) in [5, 5.41) is 3.54. The molecule has 1 heterocycles. The first-order chi connectivity index (χ1) is 10.1. The Morgan fingerprint density at radius 2 is 2.19 bits per heavy atom. The van der Waals surface area contributed by atoms with Crippen LogP contribution in [-0.2, 0) is 4.79 Å². The first-order valence-electron chi connectivity index (χ1n) is 6.33. The van der Waals surface area contributed by atoms with E-state index >= 15 is 0 Å². The maximum atomic E-state index is 12.7. The number of hydrogen-bond donors (Lipinski definition) is 0. The topological polar surface area (TPSA) is 78.3 Å². The largest absolute Gasteiger partial charge is 0.497 e. The van der Waals surface area contributed by atoms with E-state index in [4.69, 9.17) is 21.9 Å². The van der Waals surface area contributed by atoms with Crippen molar-refractivity contribution in [1.82, 2.24) is 0 Å².